The molecule has 0 spiro atoms. The first-order chi connectivity index (χ1) is 12.7. The first-order valence-electron chi connectivity index (χ1n) is 8.54. The van der Waals surface area contributed by atoms with Gasteiger partial charge in [0.05, 0.1) is 12.8 Å². The molecule has 0 unspecified atom stereocenters. The van der Waals surface area contributed by atoms with Crippen molar-refractivity contribution in [1.29, 1.82) is 0 Å². The SMILES string of the molecule is COc1ncccc1CN1CCc2nc(-c3ccc(Cl)cc3)ncc2C1. The number of nitrogens with zero attached hydrogens (tertiary/aromatic N) is 4. The highest BCUT2D eigenvalue weighted by atomic mass is 35.5. The predicted octanol–water partition coefficient (Wildman–Crippen LogP) is 3.76. The third kappa shape index (κ3) is 3.54. The topological polar surface area (TPSA) is 51.1 Å². The van der Waals surface area contributed by atoms with Crippen LogP contribution in [0.5, 0.6) is 5.88 Å². The summed E-state index contributed by atoms with van der Waals surface area (Å²) in [5, 5.41) is 0.716. The van der Waals surface area contributed by atoms with E-state index in [1.54, 1.807) is 13.3 Å². The predicted molar refractivity (Wildman–Crippen MR) is 101 cm³/mol. The Morgan fingerprint density at radius 1 is 1.15 bits per heavy atom. The van der Waals surface area contributed by atoms with Crippen LogP contribution in [0.25, 0.3) is 11.4 Å². The molecule has 6 heteroatoms. The van der Waals surface area contributed by atoms with E-state index in [1.807, 2.05) is 36.5 Å². The molecule has 5 nitrogen and oxygen atoms in total. The van der Waals surface area contributed by atoms with Crippen LogP contribution < -0.4 is 4.74 Å². The first-order valence-corrected chi connectivity index (χ1v) is 8.91. The highest BCUT2D eigenvalue weighted by Gasteiger charge is 2.20. The molecule has 3 heterocycles. The molecule has 1 aliphatic rings. The summed E-state index contributed by atoms with van der Waals surface area (Å²) in [6.07, 6.45) is 4.60. The fourth-order valence-electron chi connectivity index (χ4n) is 3.22. The maximum atomic E-state index is 5.96. The van der Waals surface area contributed by atoms with Crippen molar-refractivity contribution in [1.82, 2.24) is 19.9 Å². The van der Waals surface area contributed by atoms with Crippen LogP contribution in [0.15, 0.2) is 48.8 Å². The standard InChI is InChI=1S/C20H19ClN4O/c1-26-20-15(3-2-9-22-20)12-25-10-8-18-16(13-25)11-23-19(24-18)14-4-6-17(21)7-5-14/h2-7,9,11H,8,10,12-13H2,1H3. The molecule has 3 aromatic rings. The lowest BCUT2D eigenvalue weighted by atomic mass is 10.1. The van der Waals surface area contributed by atoms with Crippen LogP contribution in [0.4, 0.5) is 0 Å². The van der Waals surface area contributed by atoms with Crippen molar-refractivity contribution in [2.24, 2.45) is 0 Å². The zero-order valence-electron chi connectivity index (χ0n) is 14.5. The molecule has 26 heavy (non-hydrogen) atoms. The van der Waals surface area contributed by atoms with Crippen LogP contribution >= 0.6 is 11.6 Å². The highest BCUT2D eigenvalue weighted by molar-refractivity contribution is 6.30. The normalized spacial score (nSPS) is 14.1. The van der Waals surface area contributed by atoms with Gasteiger partial charge in [0, 0.05) is 60.2 Å². The molecule has 0 fully saturated rings. The van der Waals surface area contributed by atoms with Gasteiger partial charge in [-0.2, -0.15) is 0 Å². The molecule has 0 atom stereocenters. The Bertz CT molecular complexity index is 914. The number of pyridine rings is 1. The summed E-state index contributed by atoms with van der Waals surface area (Å²) in [5.74, 6) is 1.44. The van der Waals surface area contributed by atoms with Crippen LogP contribution in [0.3, 0.4) is 0 Å². The second kappa shape index (κ2) is 7.40. The molecule has 0 bridgehead atoms. The quantitative estimate of drug-likeness (QED) is 0.703. The number of halogens is 1. The Labute approximate surface area is 157 Å². The minimum Gasteiger partial charge on any atom is -0.481 e. The third-order valence-electron chi connectivity index (χ3n) is 4.55. The van der Waals surface area contributed by atoms with Gasteiger partial charge in [-0.3, -0.25) is 4.90 Å². The van der Waals surface area contributed by atoms with Crippen LogP contribution in [-0.2, 0) is 19.5 Å². The van der Waals surface area contributed by atoms with Crippen molar-refractivity contribution < 1.29 is 4.74 Å². The van der Waals surface area contributed by atoms with Crippen LogP contribution in [-0.4, -0.2) is 33.5 Å². The summed E-state index contributed by atoms with van der Waals surface area (Å²) in [4.78, 5) is 16.0. The molecule has 0 amide bonds. The maximum Gasteiger partial charge on any atom is 0.217 e. The average molecular weight is 367 g/mol. The molecule has 1 aliphatic heterocycles. The van der Waals surface area contributed by atoms with Gasteiger partial charge in [0.25, 0.3) is 0 Å². The van der Waals surface area contributed by atoms with E-state index < -0.39 is 0 Å². The summed E-state index contributed by atoms with van der Waals surface area (Å²) in [5.41, 5.74) is 4.38. The summed E-state index contributed by atoms with van der Waals surface area (Å²) in [6.45, 7) is 2.58. The van der Waals surface area contributed by atoms with Crippen molar-refractivity contribution >= 4 is 11.6 Å². The van der Waals surface area contributed by atoms with Crippen molar-refractivity contribution in [2.75, 3.05) is 13.7 Å². The summed E-state index contributed by atoms with van der Waals surface area (Å²) in [7, 11) is 1.66. The van der Waals surface area contributed by atoms with E-state index in [-0.39, 0.29) is 0 Å². The molecule has 0 saturated carbocycles. The van der Waals surface area contributed by atoms with Gasteiger partial charge in [-0.1, -0.05) is 17.7 Å². The van der Waals surface area contributed by atoms with Gasteiger partial charge >= 0.3 is 0 Å². The van der Waals surface area contributed by atoms with Crippen LogP contribution in [0.2, 0.25) is 5.02 Å². The number of rotatable bonds is 4. The molecule has 0 aliphatic carbocycles. The van der Waals surface area contributed by atoms with E-state index in [2.05, 4.69) is 20.9 Å². The van der Waals surface area contributed by atoms with Gasteiger partial charge in [-0.25, -0.2) is 15.0 Å². The Balaban J connectivity index is 1.52. The number of ether oxygens (including phenoxy) is 1. The zero-order valence-corrected chi connectivity index (χ0v) is 15.3. The van der Waals surface area contributed by atoms with Gasteiger partial charge in [-0.05, 0) is 30.3 Å². The highest BCUT2D eigenvalue weighted by Crippen LogP contribution is 2.24. The van der Waals surface area contributed by atoms with Gasteiger partial charge in [0.1, 0.15) is 0 Å². The minimum absolute atomic E-state index is 0.688. The number of methoxy groups -OCH3 is 1. The van der Waals surface area contributed by atoms with Gasteiger partial charge in [0.2, 0.25) is 5.88 Å². The molecule has 0 radical (unpaired) electrons. The molecule has 0 saturated heterocycles. The number of hydrogen-bond donors (Lipinski definition) is 0. The average Bonchev–Trinajstić information content (AvgIpc) is 2.68. The third-order valence-corrected chi connectivity index (χ3v) is 4.80. The first kappa shape index (κ1) is 16.9. The Morgan fingerprint density at radius 2 is 2.00 bits per heavy atom. The summed E-state index contributed by atoms with van der Waals surface area (Å²) < 4.78 is 5.36. The molecular formula is C20H19ClN4O. The Hall–Kier alpha value is -2.50. The molecule has 0 N–H and O–H groups in total. The smallest absolute Gasteiger partial charge is 0.217 e. The second-order valence-electron chi connectivity index (χ2n) is 6.30. The zero-order chi connectivity index (χ0) is 17.9. The second-order valence-corrected chi connectivity index (χ2v) is 6.74. The van der Waals surface area contributed by atoms with Crippen molar-refractivity contribution in [2.45, 2.75) is 19.5 Å². The van der Waals surface area contributed by atoms with Crippen LogP contribution in [0.1, 0.15) is 16.8 Å². The number of fused-ring (bicyclic) bond motifs is 1. The monoisotopic (exact) mass is 366 g/mol. The lowest BCUT2D eigenvalue weighted by Crippen LogP contribution is -2.31. The maximum absolute atomic E-state index is 5.96. The van der Waals surface area contributed by atoms with Crippen LogP contribution in [0, 0.1) is 0 Å². The van der Waals surface area contributed by atoms with E-state index in [1.165, 1.54) is 5.56 Å². The van der Waals surface area contributed by atoms with Gasteiger partial charge in [0.15, 0.2) is 5.82 Å². The van der Waals surface area contributed by atoms with Crippen molar-refractivity contribution in [3.8, 4) is 17.3 Å². The van der Waals surface area contributed by atoms with Gasteiger partial charge in [-0.15, -0.1) is 0 Å². The van der Waals surface area contributed by atoms with E-state index in [0.717, 1.165) is 48.7 Å². The summed E-state index contributed by atoms with van der Waals surface area (Å²) in [6, 6.07) is 11.6. The summed E-state index contributed by atoms with van der Waals surface area (Å²) >= 11 is 5.96. The number of benzene rings is 1. The lowest BCUT2D eigenvalue weighted by Gasteiger charge is -2.28. The minimum atomic E-state index is 0.688. The van der Waals surface area contributed by atoms with E-state index in [0.29, 0.717) is 10.9 Å². The molecule has 2 aromatic heterocycles. The van der Waals surface area contributed by atoms with Gasteiger partial charge < -0.3 is 4.74 Å². The van der Waals surface area contributed by atoms with Crippen molar-refractivity contribution in [3.63, 3.8) is 0 Å². The van der Waals surface area contributed by atoms with E-state index in [4.69, 9.17) is 21.3 Å². The molecule has 132 valence electrons. The Morgan fingerprint density at radius 3 is 2.81 bits per heavy atom. The molecular weight excluding hydrogens is 348 g/mol. The molecule has 4 rings (SSSR count). The Kier molecular flexibility index (Phi) is 4.82. The lowest BCUT2D eigenvalue weighted by molar-refractivity contribution is 0.238. The number of aromatic nitrogens is 3. The van der Waals surface area contributed by atoms with E-state index >= 15 is 0 Å². The fourth-order valence-corrected chi connectivity index (χ4v) is 3.34. The van der Waals surface area contributed by atoms with Crippen molar-refractivity contribution in [3.05, 3.63) is 70.6 Å². The molecule has 1 aromatic carbocycles. The van der Waals surface area contributed by atoms with E-state index in [9.17, 15) is 0 Å². The number of hydrogen-bond acceptors (Lipinski definition) is 5. The fraction of sp³-hybridized carbons (Fsp3) is 0.250. The largest absolute Gasteiger partial charge is 0.481 e.